The van der Waals surface area contributed by atoms with Crippen molar-refractivity contribution in [3.8, 4) is 5.75 Å². The van der Waals surface area contributed by atoms with Crippen molar-refractivity contribution in [2.75, 3.05) is 18.6 Å². The van der Waals surface area contributed by atoms with Crippen LogP contribution < -0.4 is 9.64 Å². The van der Waals surface area contributed by atoms with Crippen molar-refractivity contribution in [1.82, 2.24) is 14.8 Å². The Bertz CT molecular complexity index is 848. The number of hydrogen-bond donors (Lipinski definition) is 0. The summed E-state index contributed by atoms with van der Waals surface area (Å²) < 4.78 is 7.44. The predicted molar refractivity (Wildman–Crippen MR) is 101 cm³/mol. The minimum atomic E-state index is 0.338. The Morgan fingerprint density at radius 1 is 1.00 bits per heavy atom. The third kappa shape index (κ3) is 3.09. The molecule has 0 N–H and O–H groups in total. The monoisotopic (exact) mass is 352 g/mol. The maximum absolute atomic E-state index is 5.24. The van der Waals surface area contributed by atoms with Crippen LogP contribution in [0.1, 0.15) is 17.7 Å². The molecule has 1 aromatic heterocycles. The zero-order valence-electron chi connectivity index (χ0n) is 14.3. The van der Waals surface area contributed by atoms with Crippen LogP contribution in [0, 0.1) is 0 Å². The van der Waals surface area contributed by atoms with Gasteiger partial charge in [0, 0.05) is 24.0 Å². The van der Waals surface area contributed by atoms with Crippen molar-refractivity contribution >= 4 is 23.4 Å². The molecule has 5 nitrogen and oxygen atoms in total. The van der Waals surface area contributed by atoms with Gasteiger partial charge in [-0.25, -0.2) is 0 Å². The molecule has 0 saturated carbocycles. The second-order valence-corrected chi connectivity index (χ2v) is 7.26. The largest absolute Gasteiger partial charge is 0.497 e. The number of hydrogen-bond acceptors (Lipinski definition) is 5. The van der Waals surface area contributed by atoms with Gasteiger partial charge in [-0.1, -0.05) is 42.1 Å². The van der Waals surface area contributed by atoms with E-state index in [2.05, 4.69) is 63.0 Å². The molecule has 4 rings (SSSR count). The van der Waals surface area contributed by atoms with E-state index in [0.29, 0.717) is 5.25 Å². The van der Waals surface area contributed by atoms with E-state index in [1.165, 1.54) is 5.56 Å². The predicted octanol–water partition coefficient (Wildman–Crippen LogP) is 4.29. The minimum absolute atomic E-state index is 0.338. The van der Waals surface area contributed by atoms with Crippen LogP contribution in [0.2, 0.25) is 0 Å². The Kier molecular flexibility index (Phi) is 4.36. The number of benzene rings is 2. The topological polar surface area (TPSA) is 43.2 Å². The number of fused-ring (bicyclic) bond motifs is 1. The summed E-state index contributed by atoms with van der Waals surface area (Å²) in [4.78, 5) is 2.20. The number of methoxy groups -OCH3 is 1. The second-order valence-electron chi connectivity index (χ2n) is 5.95. The standard InChI is InChI=1S/C19H20N4OS/c1-14(15-6-4-3-5-7-15)25-19-21-20-18-22(12-13-23(18)19)16-8-10-17(24-2)11-9-16/h3-11,14H,12-13H2,1-2H3/t14-/m0/s1. The van der Waals surface area contributed by atoms with Gasteiger partial charge in [-0.05, 0) is 36.8 Å². The molecule has 128 valence electrons. The highest BCUT2D eigenvalue weighted by molar-refractivity contribution is 7.99. The van der Waals surface area contributed by atoms with Gasteiger partial charge in [0.15, 0.2) is 5.16 Å². The minimum Gasteiger partial charge on any atom is -0.497 e. The molecule has 0 saturated heterocycles. The summed E-state index contributed by atoms with van der Waals surface area (Å²) in [5, 5.41) is 10.2. The van der Waals surface area contributed by atoms with Crippen LogP contribution >= 0.6 is 11.8 Å². The van der Waals surface area contributed by atoms with E-state index in [0.717, 1.165) is 35.6 Å². The molecular formula is C19H20N4OS. The summed E-state index contributed by atoms with van der Waals surface area (Å²) in [6, 6.07) is 18.6. The molecule has 0 amide bonds. The smallest absolute Gasteiger partial charge is 0.232 e. The number of nitrogens with zero attached hydrogens (tertiary/aromatic N) is 4. The molecule has 0 unspecified atom stereocenters. The third-order valence-corrected chi connectivity index (χ3v) is 5.56. The molecule has 0 radical (unpaired) electrons. The van der Waals surface area contributed by atoms with Crippen LogP contribution in [0.3, 0.4) is 0 Å². The maximum atomic E-state index is 5.24. The molecule has 2 heterocycles. The van der Waals surface area contributed by atoms with Crippen LogP contribution in [0.25, 0.3) is 0 Å². The summed E-state index contributed by atoms with van der Waals surface area (Å²) in [5.74, 6) is 1.77. The Hall–Kier alpha value is -2.47. The molecule has 3 aromatic rings. The van der Waals surface area contributed by atoms with E-state index in [9.17, 15) is 0 Å². The lowest BCUT2D eigenvalue weighted by Gasteiger charge is -2.15. The lowest BCUT2D eigenvalue weighted by Crippen LogP contribution is -2.14. The lowest BCUT2D eigenvalue weighted by molar-refractivity contribution is 0.415. The van der Waals surface area contributed by atoms with Gasteiger partial charge in [0.05, 0.1) is 7.11 Å². The van der Waals surface area contributed by atoms with Crippen LogP contribution in [0.4, 0.5) is 11.6 Å². The van der Waals surface area contributed by atoms with E-state index in [-0.39, 0.29) is 0 Å². The molecule has 6 heteroatoms. The average Bonchev–Trinajstić information content (AvgIpc) is 3.25. The highest BCUT2D eigenvalue weighted by Gasteiger charge is 2.27. The summed E-state index contributed by atoms with van der Waals surface area (Å²) in [5.41, 5.74) is 2.41. The average molecular weight is 352 g/mol. The molecule has 25 heavy (non-hydrogen) atoms. The van der Waals surface area contributed by atoms with Gasteiger partial charge in [-0.15, -0.1) is 10.2 Å². The zero-order valence-corrected chi connectivity index (χ0v) is 15.1. The fourth-order valence-corrected chi connectivity index (χ4v) is 4.02. The van der Waals surface area contributed by atoms with Crippen LogP contribution in [0.15, 0.2) is 59.8 Å². The number of anilines is 2. The Morgan fingerprint density at radius 3 is 2.48 bits per heavy atom. The van der Waals surface area contributed by atoms with Gasteiger partial charge >= 0.3 is 0 Å². The first-order valence-electron chi connectivity index (χ1n) is 8.32. The van der Waals surface area contributed by atoms with Gasteiger partial charge in [-0.2, -0.15) is 0 Å². The fraction of sp³-hybridized carbons (Fsp3) is 0.263. The summed E-state index contributed by atoms with van der Waals surface area (Å²) in [6.45, 7) is 4.01. The highest BCUT2D eigenvalue weighted by atomic mass is 32.2. The van der Waals surface area contributed by atoms with Crippen molar-refractivity contribution in [2.45, 2.75) is 23.9 Å². The lowest BCUT2D eigenvalue weighted by atomic mass is 10.2. The van der Waals surface area contributed by atoms with Crippen molar-refractivity contribution in [3.63, 3.8) is 0 Å². The van der Waals surface area contributed by atoms with Crippen molar-refractivity contribution < 1.29 is 4.74 Å². The SMILES string of the molecule is COc1ccc(N2CCn3c(S[C@@H](C)c4ccccc4)nnc32)cc1. The first kappa shape index (κ1) is 16.0. The van der Waals surface area contributed by atoms with E-state index in [1.807, 2.05) is 18.2 Å². The number of ether oxygens (including phenoxy) is 1. The molecule has 0 fully saturated rings. The fourth-order valence-electron chi connectivity index (χ4n) is 3.02. The third-order valence-electron chi connectivity index (χ3n) is 4.42. The van der Waals surface area contributed by atoms with Gasteiger partial charge in [-0.3, -0.25) is 4.57 Å². The van der Waals surface area contributed by atoms with Gasteiger partial charge in [0.25, 0.3) is 0 Å². The molecule has 1 aliphatic rings. The first-order chi connectivity index (χ1) is 12.3. The van der Waals surface area contributed by atoms with E-state index < -0.39 is 0 Å². The Morgan fingerprint density at radius 2 is 1.76 bits per heavy atom. The van der Waals surface area contributed by atoms with E-state index in [1.54, 1.807) is 18.9 Å². The molecule has 1 aliphatic heterocycles. The van der Waals surface area contributed by atoms with E-state index in [4.69, 9.17) is 4.74 Å². The number of thioether (sulfide) groups is 1. The normalized spacial score (nSPS) is 14.4. The molecule has 0 spiro atoms. The summed E-state index contributed by atoms with van der Waals surface area (Å²) >= 11 is 1.75. The summed E-state index contributed by atoms with van der Waals surface area (Å²) in [6.07, 6.45) is 0. The Balaban J connectivity index is 1.55. The number of aromatic nitrogens is 3. The first-order valence-corrected chi connectivity index (χ1v) is 9.20. The van der Waals surface area contributed by atoms with Crippen LogP contribution in [-0.4, -0.2) is 28.4 Å². The van der Waals surface area contributed by atoms with Crippen LogP contribution in [0.5, 0.6) is 5.75 Å². The molecular weight excluding hydrogens is 332 g/mol. The summed E-state index contributed by atoms with van der Waals surface area (Å²) in [7, 11) is 1.68. The quantitative estimate of drug-likeness (QED) is 0.641. The highest BCUT2D eigenvalue weighted by Crippen LogP contribution is 2.38. The second kappa shape index (κ2) is 6.80. The van der Waals surface area contributed by atoms with Gasteiger partial charge < -0.3 is 9.64 Å². The van der Waals surface area contributed by atoms with Gasteiger partial charge in [0.2, 0.25) is 5.95 Å². The van der Waals surface area contributed by atoms with Crippen LogP contribution in [-0.2, 0) is 6.54 Å². The van der Waals surface area contributed by atoms with Crippen molar-refractivity contribution in [3.05, 3.63) is 60.2 Å². The Labute approximate surface area is 151 Å². The van der Waals surface area contributed by atoms with E-state index >= 15 is 0 Å². The number of rotatable bonds is 5. The van der Waals surface area contributed by atoms with Crippen molar-refractivity contribution in [2.24, 2.45) is 0 Å². The molecule has 1 atom stereocenters. The molecule has 0 aliphatic carbocycles. The molecule has 0 bridgehead atoms. The maximum Gasteiger partial charge on any atom is 0.232 e. The van der Waals surface area contributed by atoms with Gasteiger partial charge in [0.1, 0.15) is 5.75 Å². The zero-order chi connectivity index (χ0) is 17.2. The molecule has 2 aromatic carbocycles. The van der Waals surface area contributed by atoms with Crippen molar-refractivity contribution in [1.29, 1.82) is 0 Å².